The topological polar surface area (TPSA) is 33.2 Å². The molecule has 1 saturated heterocycles. The second-order valence-electron chi connectivity index (χ2n) is 5.57. The summed E-state index contributed by atoms with van der Waals surface area (Å²) in [5, 5.41) is 3.27. The first-order valence-electron chi connectivity index (χ1n) is 7.45. The van der Waals surface area contributed by atoms with E-state index in [9.17, 15) is 4.79 Å². The van der Waals surface area contributed by atoms with Crippen LogP contribution in [0, 0.1) is 6.92 Å². The molecule has 21 heavy (non-hydrogen) atoms. The lowest BCUT2D eigenvalue weighted by Crippen LogP contribution is -2.39. The molecular weight excluding hydrogens is 300 g/mol. The predicted molar refractivity (Wildman–Crippen MR) is 88.0 cm³/mol. The van der Waals surface area contributed by atoms with Crippen LogP contribution >= 0.6 is 22.7 Å². The number of likely N-dealkylation sites (tertiary alicyclic amines) is 1. The zero-order valence-electron chi connectivity index (χ0n) is 12.2. The van der Waals surface area contributed by atoms with Gasteiger partial charge in [0.2, 0.25) is 5.91 Å². The molecule has 0 radical (unpaired) electrons. The minimum Gasteiger partial charge on any atom is -0.342 e. The van der Waals surface area contributed by atoms with Crippen molar-refractivity contribution in [1.29, 1.82) is 0 Å². The maximum atomic E-state index is 12.4. The molecule has 0 saturated carbocycles. The Morgan fingerprint density at radius 1 is 1.52 bits per heavy atom. The van der Waals surface area contributed by atoms with Gasteiger partial charge in [-0.05, 0) is 37.6 Å². The normalized spacial score (nSPS) is 18.9. The predicted octanol–water partition coefficient (Wildman–Crippen LogP) is 3.85. The largest absolute Gasteiger partial charge is 0.342 e. The second-order valence-corrected chi connectivity index (χ2v) is 7.87. The summed E-state index contributed by atoms with van der Waals surface area (Å²) in [6.07, 6.45) is 5.69. The standard InChI is InChI=1S/C16H20N2OS2/c1-12-10-17-16(21-12)13-4-2-8-18(11-13)15(19)7-6-14-5-3-9-20-14/h3,5,9-10,13H,2,4,6-8,11H2,1H3/t13-/m0/s1. The quantitative estimate of drug-likeness (QED) is 0.857. The molecule has 1 aliphatic heterocycles. The van der Waals surface area contributed by atoms with Gasteiger partial charge < -0.3 is 4.90 Å². The highest BCUT2D eigenvalue weighted by Gasteiger charge is 2.26. The fourth-order valence-corrected chi connectivity index (χ4v) is 4.42. The summed E-state index contributed by atoms with van der Waals surface area (Å²) in [4.78, 5) is 21.5. The van der Waals surface area contributed by atoms with Gasteiger partial charge in [0, 0.05) is 41.4 Å². The number of thiophene rings is 1. The molecule has 1 fully saturated rings. The van der Waals surface area contributed by atoms with E-state index in [-0.39, 0.29) is 0 Å². The highest BCUT2D eigenvalue weighted by Crippen LogP contribution is 2.30. The van der Waals surface area contributed by atoms with E-state index in [1.807, 2.05) is 17.2 Å². The van der Waals surface area contributed by atoms with E-state index in [0.29, 0.717) is 18.2 Å². The molecule has 1 amide bonds. The molecular formula is C16H20N2OS2. The van der Waals surface area contributed by atoms with Gasteiger partial charge in [0.05, 0.1) is 5.01 Å². The summed E-state index contributed by atoms with van der Waals surface area (Å²) in [6, 6.07) is 4.15. The number of hydrogen-bond acceptors (Lipinski definition) is 4. The van der Waals surface area contributed by atoms with E-state index in [4.69, 9.17) is 0 Å². The minimum absolute atomic E-state index is 0.293. The van der Waals surface area contributed by atoms with Crippen molar-refractivity contribution in [3.63, 3.8) is 0 Å². The van der Waals surface area contributed by atoms with Gasteiger partial charge in [-0.2, -0.15) is 0 Å². The smallest absolute Gasteiger partial charge is 0.222 e. The van der Waals surface area contributed by atoms with Crippen molar-refractivity contribution in [2.75, 3.05) is 13.1 Å². The molecule has 2 aromatic rings. The number of aryl methyl sites for hydroxylation is 2. The van der Waals surface area contributed by atoms with Crippen molar-refractivity contribution in [2.45, 2.75) is 38.5 Å². The molecule has 0 aliphatic carbocycles. The number of nitrogens with zero attached hydrogens (tertiary/aromatic N) is 2. The molecule has 5 heteroatoms. The number of thiazole rings is 1. The highest BCUT2D eigenvalue weighted by atomic mass is 32.1. The Labute approximate surface area is 133 Å². The monoisotopic (exact) mass is 320 g/mol. The van der Waals surface area contributed by atoms with Crippen LogP contribution in [-0.2, 0) is 11.2 Å². The van der Waals surface area contributed by atoms with Crippen LogP contribution in [-0.4, -0.2) is 28.9 Å². The Balaban J connectivity index is 1.56. The van der Waals surface area contributed by atoms with Crippen molar-refractivity contribution in [1.82, 2.24) is 9.88 Å². The maximum Gasteiger partial charge on any atom is 0.222 e. The van der Waals surface area contributed by atoms with Gasteiger partial charge in [-0.1, -0.05) is 6.07 Å². The Hall–Kier alpha value is -1.20. The Kier molecular flexibility index (Phi) is 4.70. The third kappa shape index (κ3) is 3.71. The third-order valence-corrected chi connectivity index (χ3v) is 5.94. The van der Waals surface area contributed by atoms with Crippen molar-refractivity contribution < 1.29 is 4.79 Å². The number of amides is 1. The number of carbonyl (C=O) groups excluding carboxylic acids is 1. The molecule has 0 bridgehead atoms. The summed E-state index contributed by atoms with van der Waals surface area (Å²) in [6.45, 7) is 3.84. The molecule has 0 aromatic carbocycles. The summed E-state index contributed by atoms with van der Waals surface area (Å²) in [7, 11) is 0. The van der Waals surface area contributed by atoms with E-state index in [2.05, 4.69) is 23.4 Å². The average Bonchev–Trinajstić information content (AvgIpc) is 3.16. The SMILES string of the molecule is Cc1cnc([C@H]2CCCN(C(=O)CCc3cccs3)C2)s1. The van der Waals surface area contributed by atoms with Crippen molar-refractivity contribution in [3.8, 4) is 0 Å². The number of piperidine rings is 1. The molecule has 0 spiro atoms. The summed E-state index contributed by atoms with van der Waals surface area (Å²) in [5.74, 6) is 0.726. The van der Waals surface area contributed by atoms with E-state index in [0.717, 1.165) is 32.4 Å². The van der Waals surface area contributed by atoms with Gasteiger partial charge in [-0.3, -0.25) is 4.79 Å². The lowest BCUT2D eigenvalue weighted by atomic mass is 9.98. The second kappa shape index (κ2) is 6.71. The van der Waals surface area contributed by atoms with Crippen LogP contribution in [0.5, 0.6) is 0 Å². The molecule has 112 valence electrons. The number of aromatic nitrogens is 1. The van der Waals surface area contributed by atoms with E-state index in [1.165, 1.54) is 14.8 Å². The van der Waals surface area contributed by atoms with Gasteiger partial charge >= 0.3 is 0 Å². The summed E-state index contributed by atoms with van der Waals surface area (Å²) < 4.78 is 0. The van der Waals surface area contributed by atoms with Crippen LogP contribution in [0.1, 0.15) is 39.9 Å². The minimum atomic E-state index is 0.293. The number of carbonyl (C=O) groups is 1. The van der Waals surface area contributed by atoms with Crippen LogP contribution < -0.4 is 0 Å². The maximum absolute atomic E-state index is 12.4. The Morgan fingerprint density at radius 2 is 2.43 bits per heavy atom. The van der Waals surface area contributed by atoms with Crippen LogP contribution in [0.4, 0.5) is 0 Å². The highest BCUT2D eigenvalue weighted by molar-refractivity contribution is 7.11. The molecule has 1 atom stereocenters. The van der Waals surface area contributed by atoms with Crippen molar-refractivity contribution in [3.05, 3.63) is 38.5 Å². The zero-order valence-corrected chi connectivity index (χ0v) is 13.9. The number of rotatable bonds is 4. The van der Waals surface area contributed by atoms with Gasteiger partial charge in [0.25, 0.3) is 0 Å². The zero-order chi connectivity index (χ0) is 14.7. The van der Waals surface area contributed by atoms with Gasteiger partial charge in [0.15, 0.2) is 0 Å². The van der Waals surface area contributed by atoms with Gasteiger partial charge in [-0.25, -0.2) is 4.98 Å². The first-order chi connectivity index (χ1) is 10.2. The van der Waals surface area contributed by atoms with Crippen molar-refractivity contribution >= 4 is 28.6 Å². The summed E-state index contributed by atoms with van der Waals surface area (Å²) >= 11 is 3.50. The van der Waals surface area contributed by atoms with Crippen LogP contribution in [0.15, 0.2) is 23.7 Å². The Morgan fingerprint density at radius 3 is 3.14 bits per heavy atom. The lowest BCUT2D eigenvalue weighted by molar-refractivity contribution is -0.132. The number of hydrogen-bond donors (Lipinski definition) is 0. The molecule has 0 unspecified atom stereocenters. The average molecular weight is 320 g/mol. The summed E-state index contributed by atoms with van der Waals surface area (Å²) in [5.41, 5.74) is 0. The molecule has 3 heterocycles. The first-order valence-corrected chi connectivity index (χ1v) is 9.14. The van der Waals surface area contributed by atoms with E-state index < -0.39 is 0 Å². The first kappa shape index (κ1) is 14.7. The van der Waals surface area contributed by atoms with Crippen molar-refractivity contribution in [2.24, 2.45) is 0 Å². The molecule has 2 aromatic heterocycles. The fourth-order valence-electron chi connectivity index (χ4n) is 2.81. The Bertz CT molecular complexity index is 591. The van der Waals surface area contributed by atoms with E-state index in [1.54, 1.807) is 22.7 Å². The van der Waals surface area contributed by atoms with Crippen LogP contribution in [0.3, 0.4) is 0 Å². The van der Waals surface area contributed by atoms with Gasteiger partial charge in [0.1, 0.15) is 0 Å². The molecule has 0 N–H and O–H groups in total. The lowest BCUT2D eigenvalue weighted by Gasteiger charge is -2.32. The van der Waals surface area contributed by atoms with E-state index >= 15 is 0 Å². The van der Waals surface area contributed by atoms with Gasteiger partial charge in [-0.15, -0.1) is 22.7 Å². The molecule has 1 aliphatic rings. The fraction of sp³-hybridized carbons (Fsp3) is 0.500. The molecule has 3 nitrogen and oxygen atoms in total. The molecule has 3 rings (SSSR count). The van der Waals surface area contributed by atoms with Crippen LogP contribution in [0.25, 0.3) is 0 Å². The van der Waals surface area contributed by atoms with Crippen LogP contribution in [0.2, 0.25) is 0 Å². The third-order valence-electron chi connectivity index (χ3n) is 3.93.